The molecule has 0 unspecified atom stereocenters. The van der Waals surface area contributed by atoms with Gasteiger partial charge in [-0.1, -0.05) is 107 Å². The summed E-state index contributed by atoms with van der Waals surface area (Å²) in [7, 11) is 0. The van der Waals surface area contributed by atoms with E-state index in [4.69, 9.17) is 0 Å². The summed E-state index contributed by atoms with van der Waals surface area (Å²) in [6.07, 6.45) is 13.2. The molecule has 0 aliphatic carbocycles. The molecule has 2 aromatic carbocycles. The van der Waals surface area contributed by atoms with E-state index in [1.165, 1.54) is 57.8 Å². The maximum Gasteiger partial charge on any atom is 0.336 e. The number of hydrogen-bond acceptors (Lipinski definition) is 2. The molecule has 3 heteroatoms. The molecule has 0 aliphatic rings. The van der Waals surface area contributed by atoms with Crippen LogP contribution in [0.25, 0.3) is 11.1 Å². The fraction of sp³-hybridized carbons (Fsp3) is 0.480. The van der Waals surface area contributed by atoms with Crippen LogP contribution in [0, 0.1) is 0 Å². The zero-order valence-electron chi connectivity index (χ0n) is 17.2. The zero-order valence-corrected chi connectivity index (χ0v) is 18.0. The van der Waals surface area contributed by atoms with E-state index >= 15 is 0 Å². The van der Waals surface area contributed by atoms with Gasteiger partial charge in [-0.2, -0.15) is 0 Å². The predicted molar refractivity (Wildman–Crippen MR) is 121 cm³/mol. The summed E-state index contributed by atoms with van der Waals surface area (Å²) in [5.41, 5.74) is 2.52. The number of carboxylic acid groups (broad SMARTS) is 1. The SMILES string of the molecule is CCCCCCCCCCCCSc1c(C(=O)O)cccc1-c1ccccc1. The van der Waals surface area contributed by atoms with Gasteiger partial charge in [-0.15, -0.1) is 11.8 Å². The molecular formula is C25H34O2S. The molecule has 0 aromatic heterocycles. The summed E-state index contributed by atoms with van der Waals surface area (Å²) >= 11 is 1.69. The number of benzene rings is 2. The van der Waals surface area contributed by atoms with Crippen molar-refractivity contribution < 1.29 is 9.90 Å². The molecule has 0 fully saturated rings. The van der Waals surface area contributed by atoms with Crippen LogP contribution in [-0.4, -0.2) is 16.8 Å². The third-order valence-electron chi connectivity index (χ3n) is 5.07. The Labute approximate surface area is 174 Å². The largest absolute Gasteiger partial charge is 0.478 e. The molecule has 0 saturated carbocycles. The van der Waals surface area contributed by atoms with Crippen molar-refractivity contribution in [3.05, 3.63) is 54.1 Å². The Morgan fingerprint density at radius 2 is 1.39 bits per heavy atom. The lowest BCUT2D eigenvalue weighted by Crippen LogP contribution is -2.01. The fourth-order valence-corrected chi connectivity index (χ4v) is 4.67. The summed E-state index contributed by atoms with van der Waals surface area (Å²) in [5.74, 6) is 0.129. The molecule has 152 valence electrons. The normalized spacial score (nSPS) is 10.9. The van der Waals surface area contributed by atoms with Crippen molar-refractivity contribution >= 4 is 17.7 Å². The molecule has 0 amide bonds. The average Bonchev–Trinajstić information content (AvgIpc) is 2.72. The van der Waals surface area contributed by atoms with Gasteiger partial charge in [0, 0.05) is 4.90 Å². The van der Waals surface area contributed by atoms with E-state index in [2.05, 4.69) is 6.92 Å². The molecule has 2 rings (SSSR count). The highest BCUT2D eigenvalue weighted by Crippen LogP contribution is 2.35. The molecule has 2 nitrogen and oxygen atoms in total. The van der Waals surface area contributed by atoms with E-state index in [9.17, 15) is 9.90 Å². The third-order valence-corrected chi connectivity index (χ3v) is 6.30. The lowest BCUT2D eigenvalue weighted by Gasteiger charge is -2.12. The molecule has 1 N–H and O–H groups in total. The van der Waals surface area contributed by atoms with Gasteiger partial charge in [0.05, 0.1) is 5.56 Å². The summed E-state index contributed by atoms with van der Waals surface area (Å²) in [6.45, 7) is 2.26. The van der Waals surface area contributed by atoms with Gasteiger partial charge < -0.3 is 5.11 Å². The molecule has 2 aromatic rings. The minimum atomic E-state index is -0.844. The second-order valence-corrected chi connectivity index (χ2v) is 8.49. The molecule has 0 spiro atoms. The Morgan fingerprint density at radius 3 is 2.00 bits per heavy atom. The minimum absolute atomic E-state index is 0.415. The van der Waals surface area contributed by atoms with Crippen LogP contribution in [0.1, 0.15) is 81.5 Å². The highest BCUT2D eigenvalue weighted by Gasteiger charge is 2.15. The van der Waals surface area contributed by atoms with Crippen molar-refractivity contribution in [2.75, 3.05) is 5.75 Å². The number of carbonyl (C=O) groups is 1. The van der Waals surface area contributed by atoms with Crippen LogP contribution in [0.15, 0.2) is 53.4 Å². The first-order valence-electron chi connectivity index (χ1n) is 10.8. The molecule has 0 bridgehead atoms. The molecule has 0 radical (unpaired) electrons. The summed E-state index contributed by atoms with van der Waals surface area (Å²) < 4.78 is 0. The van der Waals surface area contributed by atoms with Crippen LogP contribution >= 0.6 is 11.8 Å². The lowest BCUT2D eigenvalue weighted by atomic mass is 10.0. The number of unbranched alkanes of at least 4 members (excludes halogenated alkanes) is 9. The highest BCUT2D eigenvalue weighted by atomic mass is 32.2. The van der Waals surface area contributed by atoms with Crippen molar-refractivity contribution in [1.29, 1.82) is 0 Å². The monoisotopic (exact) mass is 398 g/mol. The molecule has 28 heavy (non-hydrogen) atoms. The topological polar surface area (TPSA) is 37.3 Å². The van der Waals surface area contributed by atoms with Gasteiger partial charge in [0.1, 0.15) is 0 Å². The van der Waals surface area contributed by atoms with E-state index in [0.29, 0.717) is 5.56 Å². The number of carboxylic acids is 1. The van der Waals surface area contributed by atoms with Crippen LogP contribution in [-0.2, 0) is 0 Å². The Kier molecular flexibility index (Phi) is 10.8. The third kappa shape index (κ3) is 7.71. The number of hydrogen-bond donors (Lipinski definition) is 1. The quantitative estimate of drug-likeness (QED) is 0.258. The van der Waals surface area contributed by atoms with Gasteiger partial charge in [0.2, 0.25) is 0 Å². The molecule has 0 atom stereocenters. The van der Waals surface area contributed by atoms with Crippen LogP contribution in [0.4, 0.5) is 0 Å². The Bertz CT molecular complexity index is 697. The predicted octanol–water partition coefficient (Wildman–Crippen LogP) is 8.06. The zero-order chi connectivity index (χ0) is 20.0. The van der Waals surface area contributed by atoms with Gasteiger partial charge in [-0.25, -0.2) is 4.79 Å². The minimum Gasteiger partial charge on any atom is -0.478 e. The molecular weight excluding hydrogens is 364 g/mol. The number of thioether (sulfide) groups is 1. The average molecular weight is 399 g/mol. The van der Waals surface area contributed by atoms with Crippen molar-refractivity contribution in [1.82, 2.24) is 0 Å². The first-order valence-corrected chi connectivity index (χ1v) is 11.8. The number of rotatable bonds is 14. The summed E-state index contributed by atoms with van der Waals surface area (Å²) in [6, 6.07) is 15.7. The summed E-state index contributed by atoms with van der Waals surface area (Å²) in [4.78, 5) is 12.6. The first-order chi connectivity index (χ1) is 13.7. The second-order valence-electron chi connectivity index (χ2n) is 7.38. The molecule has 0 saturated heterocycles. The fourth-order valence-electron chi connectivity index (χ4n) is 3.47. The van der Waals surface area contributed by atoms with Gasteiger partial charge in [0.25, 0.3) is 0 Å². The highest BCUT2D eigenvalue weighted by molar-refractivity contribution is 7.99. The summed E-state index contributed by atoms with van der Waals surface area (Å²) in [5, 5.41) is 9.60. The van der Waals surface area contributed by atoms with Crippen molar-refractivity contribution in [3.8, 4) is 11.1 Å². The Balaban J connectivity index is 1.79. The van der Waals surface area contributed by atoms with E-state index in [-0.39, 0.29) is 0 Å². The Morgan fingerprint density at radius 1 is 0.786 bits per heavy atom. The first kappa shape index (κ1) is 22.5. The van der Waals surface area contributed by atoms with Crippen LogP contribution in [0.5, 0.6) is 0 Å². The standard InChI is InChI=1S/C25H34O2S/c1-2-3-4-5-6-7-8-9-10-14-20-28-24-22(21-16-12-11-13-17-21)18-15-19-23(24)25(26)27/h11-13,15-19H,2-10,14,20H2,1H3,(H,26,27). The van der Waals surface area contributed by atoms with Gasteiger partial charge in [-0.3, -0.25) is 0 Å². The second kappa shape index (κ2) is 13.4. The van der Waals surface area contributed by atoms with Crippen molar-refractivity contribution in [3.63, 3.8) is 0 Å². The van der Waals surface area contributed by atoms with E-state index in [1.807, 2.05) is 42.5 Å². The van der Waals surface area contributed by atoms with Crippen molar-refractivity contribution in [2.24, 2.45) is 0 Å². The van der Waals surface area contributed by atoms with E-state index in [1.54, 1.807) is 17.8 Å². The number of aromatic carboxylic acids is 1. The molecule has 0 heterocycles. The van der Waals surface area contributed by atoms with Crippen LogP contribution in [0.2, 0.25) is 0 Å². The van der Waals surface area contributed by atoms with Gasteiger partial charge >= 0.3 is 5.97 Å². The van der Waals surface area contributed by atoms with Gasteiger partial charge in [0.15, 0.2) is 0 Å². The van der Waals surface area contributed by atoms with E-state index in [0.717, 1.165) is 28.2 Å². The molecule has 0 aliphatic heterocycles. The Hall–Kier alpha value is -1.74. The smallest absolute Gasteiger partial charge is 0.336 e. The van der Waals surface area contributed by atoms with Crippen LogP contribution in [0.3, 0.4) is 0 Å². The maximum atomic E-state index is 11.7. The van der Waals surface area contributed by atoms with Crippen molar-refractivity contribution in [2.45, 2.75) is 76.0 Å². The van der Waals surface area contributed by atoms with Crippen LogP contribution < -0.4 is 0 Å². The maximum absolute atomic E-state index is 11.7. The lowest BCUT2D eigenvalue weighted by molar-refractivity contribution is 0.0693. The van der Waals surface area contributed by atoms with Gasteiger partial charge in [-0.05, 0) is 29.4 Å². The van der Waals surface area contributed by atoms with E-state index < -0.39 is 5.97 Å².